The highest BCUT2D eigenvalue weighted by Crippen LogP contribution is 2.23. The van der Waals surface area contributed by atoms with E-state index in [4.69, 9.17) is 0 Å². The molecule has 0 saturated carbocycles. The SMILES string of the molecule is C1=NC2=CN2C1. The van der Waals surface area contributed by atoms with E-state index in [-0.39, 0.29) is 0 Å². The van der Waals surface area contributed by atoms with Gasteiger partial charge in [-0.3, -0.25) is 0 Å². The zero-order valence-electron chi connectivity index (χ0n) is 3.26. The molecule has 0 aromatic heterocycles. The standard InChI is InChI=1S/C4H4N2/c1-2-6-3-4(6)5-1/h1,3H,2H2. The number of nitrogens with zero attached hydrogens (tertiary/aromatic N) is 2. The quantitative estimate of drug-likeness (QED) is 0.405. The fraction of sp³-hybridized carbons (Fsp3) is 0.250. The van der Waals surface area contributed by atoms with E-state index < -0.39 is 0 Å². The van der Waals surface area contributed by atoms with Crippen LogP contribution in [0.15, 0.2) is 17.0 Å². The van der Waals surface area contributed by atoms with E-state index in [0.29, 0.717) is 0 Å². The lowest BCUT2D eigenvalue weighted by molar-refractivity contribution is 0.694. The Hall–Kier alpha value is -0.790. The lowest BCUT2D eigenvalue weighted by Gasteiger charge is -1.83. The molecule has 30 valence electrons. The number of fused-ring (bicyclic) bond motifs is 1. The number of hydrogen-bond acceptors (Lipinski definition) is 2. The third kappa shape index (κ3) is 0.125. The molecule has 6 heavy (non-hydrogen) atoms. The Kier molecular flexibility index (Phi) is 0.204. The van der Waals surface area contributed by atoms with Crippen molar-refractivity contribution < 1.29 is 0 Å². The largest absolute Gasteiger partial charge is 0.323 e. The molecule has 2 rings (SSSR count). The zero-order chi connectivity index (χ0) is 3.98. The molecule has 2 aliphatic rings. The summed E-state index contributed by atoms with van der Waals surface area (Å²) in [6.07, 6.45) is 3.94. The molecule has 0 unspecified atom stereocenters. The predicted molar refractivity (Wildman–Crippen MR) is 23.3 cm³/mol. The number of rotatable bonds is 0. The monoisotopic (exact) mass is 80.0 g/mol. The third-order valence-corrected chi connectivity index (χ3v) is 1.000. The maximum atomic E-state index is 3.97. The smallest absolute Gasteiger partial charge is 0.149 e. The number of aliphatic imine (C=N–C) groups is 1. The van der Waals surface area contributed by atoms with Crippen LogP contribution >= 0.6 is 0 Å². The molecule has 0 aliphatic carbocycles. The first-order valence-electron chi connectivity index (χ1n) is 1.98. The van der Waals surface area contributed by atoms with Gasteiger partial charge < -0.3 is 4.90 Å². The minimum absolute atomic E-state index is 1.01. The summed E-state index contributed by atoms with van der Waals surface area (Å²) in [5.41, 5.74) is 0. The Labute approximate surface area is 35.8 Å². The second-order valence-corrected chi connectivity index (χ2v) is 1.45. The van der Waals surface area contributed by atoms with Crippen LogP contribution in [0.5, 0.6) is 0 Å². The average molecular weight is 80.1 g/mol. The molecule has 0 bridgehead atoms. The molecule has 0 atom stereocenters. The zero-order valence-corrected chi connectivity index (χ0v) is 3.26. The summed E-state index contributed by atoms with van der Waals surface area (Å²) in [6.45, 7) is 1.01. The fourth-order valence-electron chi connectivity index (χ4n) is 0.587. The van der Waals surface area contributed by atoms with Gasteiger partial charge in [0, 0.05) is 12.4 Å². The topological polar surface area (TPSA) is 15.4 Å². The van der Waals surface area contributed by atoms with Gasteiger partial charge in [-0.1, -0.05) is 0 Å². The van der Waals surface area contributed by atoms with Crippen LogP contribution in [0.2, 0.25) is 0 Å². The Balaban J connectivity index is 2.42. The van der Waals surface area contributed by atoms with E-state index in [2.05, 4.69) is 9.89 Å². The van der Waals surface area contributed by atoms with Gasteiger partial charge in [-0.05, 0) is 0 Å². The van der Waals surface area contributed by atoms with Gasteiger partial charge in [0.05, 0.1) is 6.54 Å². The molecule has 2 nitrogen and oxygen atoms in total. The Bertz CT molecular complexity index is 134. The van der Waals surface area contributed by atoms with Crippen LogP contribution in [0.1, 0.15) is 0 Å². The van der Waals surface area contributed by atoms with Crippen molar-refractivity contribution in [2.75, 3.05) is 6.54 Å². The van der Waals surface area contributed by atoms with Crippen LogP contribution in [0.25, 0.3) is 0 Å². The summed E-state index contributed by atoms with van der Waals surface area (Å²) in [4.78, 5) is 6.07. The molecule has 0 aromatic carbocycles. The summed E-state index contributed by atoms with van der Waals surface area (Å²) >= 11 is 0. The molecule has 2 heterocycles. The first-order chi connectivity index (χ1) is 2.97. The molecule has 0 fully saturated rings. The Morgan fingerprint density at radius 2 is 2.83 bits per heavy atom. The maximum Gasteiger partial charge on any atom is 0.149 e. The molecule has 0 amide bonds. The van der Waals surface area contributed by atoms with Crippen LogP contribution < -0.4 is 0 Å². The molecule has 0 N–H and O–H groups in total. The van der Waals surface area contributed by atoms with Crippen molar-refractivity contribution in [2.45, 2.75) is 0 Å². The molecule has 2 aliphatic heterocycles. The van der Waals surface area contributed by atoms with Crippen molar-refractivity contribution in [3.05, 3.63) is 12.0 Å². The van der Waals surface area contributed by atoms with Crippen molar-refractivity contribution in [3.63, 3.8) is 0 Å². The second kappa shape index (κ2) is 0.511. The van der Waals surface area contributed by atoms with Gasteiger partial charge in [0.25, 0.3) is 0 Å². The van der Waals surface area contributed by atoms with Gasteiger partial charge in [0.15, 0.2) is 0 Å². The highest BCUT2D eigenvalue weighted by atomic mass is 15.3. The minimum Gasteiger partial charge on any atom is -0.323 e. The van der Waals surface area contributed by atoms with E-state index in [1.807, 2.05) is 12.4 Å². The number of hydrogen-bond donors (Lipinski definition) is 0. The van der Waals surface area contributed by atoms with Crippen LogP contribution in [0.4, 0.5) is 0 Å². The lowest BCUT2D eigenvalue weighted by Crippen LogP contribution is -1.93. The van der Waals surface area contributed by atoms with Crippen LogP contribution in [-0.4, -0.2) is 17.7 Å². The van der Waals surface area contributed by atoms with Crippen LogP contribution in [0, 0.1) is 0 Å². The van der Waals surface area contributed by atoms with Crippen molar-refractivity contribution in [2.24, 2.45) is 4.99 Å². The highest BCUT2D eigenvalue weighted by molar-refractivity contribution is 5.67. The van der Waals surface area contributed by atoms with Gasteiger partial charge in [-0.2, -0.15) is 0 Å². The average Bonchev–Trinajstić information content (AvgIpc) is 2.17. The molecule has 2 heteroatoms. The fourth-order valence-corrected chi connectivity index (χ4v) is 0.587. The summed E-state index contributed by atoms with van der Waals surface area (Å²) in [5, 5.41) is 0. The van der Waals surface area contributed by atoms with E-state index in [1.165, 1.54) is 0 Å². The van der Waals surface area contributed by atoms with E-state index in [9.17, 15) is 0 Å². The first-order valence-corrected chi connectivity index (χ1v) is 1.98. The van der Waals surface area contributed by atoms with Crippen molar-refractivity contribution in [1.29, 1.82) is 0 Å². The lowest BCUT2D eigenvalue weighted by atomic mass is 10.7. The predicted octanol–water partition coefficient (Wildman–Crippen LogP) is 0.185. The van der Waals surface area contributed by atoms with Gasteiger partial charge in [-0.25, -0.2) is 4.99 Å². The van der Waals surface area contributed by atoms with E-state index in [0.717, 1.165) is 12.4 Å². The highest BCUT2D eigenvalue weighted by Gasteiger charge is 2.21. The summed E-state index contributed by atoms with van der Waals surface area (Å²) in [7, 11) is 0. The minimum atomic E-state index is 1.01. The van der Waals surface area contributed by atoms with Crippen molar-refractivity contribution in [1.82, 2.24) is 4.90 Å². The van der Waals surface area contributed by atoms with E-state index in [1.54, 1.807) is 0 Å². The molecule has 0 aromatic rings. The Morgan fingerprint density at radius 3 is 3.00 bits per heavy atom. The van der Waals surface area contributed by atoms with Crippen LogP contribution in [0.3, 0.4) is 0 Å². The summed E-state index contributed by atoms with van der Waals surface area (Å²) in [5.74, 6) is 1.15. The summed E-state index contributed by atoms with van der Waals surface area (Å²) < 4.78 is 0. The second-order valence-electron chi connectivity index (χ2n) is 1.45. The van der Waals surface area contributed by atoms with Crippen LogP contribution in [-0.2, 0) is 0 Å². The van der Waals surface area contributed by atoms with Gasteiger partial charge in [-0.15, -0.1) is 0 Å². The maximum absolute atomic E-state index is 3.97. The third-order valence-electron chi connectivity index (χ3n) is 1.000. The first kappa shape index (κ1) is 2.39. The van der Waals surface area contributed by atoms with Gasteiger partial charge in [0.2, 0.25) is 0 Å². The van der Waals surface area contributed by atoms with Gasteiger partial charge >= 0.3 is 0 Å². The Morgan fingerprint density at radius 1 is 1.83 bits per heavy atom. The summed E-state index contributed by atoms with van der Waals surface area (Å²) in [6, 6.07) is 0. The molecular formula is C4H4N2. The van der Waals surface area contributed by atoms with Gasteiger partial charge in [0.1, 0.15) is 5.82 Å². The normalized spacial score (nSPS) is 24.0. The molecular weight excluding hydrogens is 76.1 g/mol. The molecule has 0 radical (unpaired) electrons. The van der Waals surface area contributed by atoms with Crippen molar-refractivity contribution >= 4 is 6.21 Å². The van der Waals surface area contributed by atoms with E-state index >= 15 is 0 Å². The molecule has 0 saturated heterocycles. The molecule has 0 spiro atoms. The van der Waals surface area contributed by atoms with Crippen molar-refractivity contribution in [3.8, 4) is 0 Å².